The van der Waals surface area contributed by atoms with Crippen LogP contribution < -0.4 is 0 Å². The van der Waals surface area contributed by atoms with Gasteiger partial charge in [-0.25, -0.2) is 4.39 Å². The molecule has 0 atom stereocenters. The molecule has 0 aliphatic carbocycles. The summed E-state index contributed by atoms with van der Waals surface area (Å²) in [6, 6.07) is 0. The second-order valence-electron chi connectivity index (χ2n) is 2.17. The summed E-state index contributed by atoms with van der Waals surface area (Å²) in [6.45, 7) is 0. The van der Waals surface area contributed by atoms with E-state index >= 15 is 0 Å². The lowest BCUT2D eigenvalue weighted by atomic mass is 10.0. The maximum absolute atomic E-state index is 12.3. The molecule has 78 valence electrons. The molecule has 0 aromatic carbocycles. The first-order chi connectivity index (χ1) is 5.56. The topological polar surface area (TPSA) is 17.1 Å². The van der Waals surface area contributed by atoms with E-state index in [1.807, 2.05) is 0 Å². The molecule has 0 spiro atoms. The molecule has 0 heterocycles. The quantitative estimate of drug-likeness (QED) is 0.507. The lowest BCUT2D eigenvalue weighted by Gasteiger charge is -2.27. The van der Waals surface area contributed by atoms with Gasteiger partial charge in [0.2, 0.25) is 0 Å². The standard InChI is InChI=1S/C5H3F7O/c6-3(1-2-13,4(7,8)9)5(10,11)12/h2H,1H2. The van der Waals surface area contributed by atoms with Crippen molar-refractivity contribution < 1.29 is 35.5 Å². The van der Waals surface area contributed by atoms with E-state index in [0.29, 0.717) is 0 Å². The zero-order valence-electron chi connectivity index (χ0n) is 5.84. The first-order valence-electron chi connectivity index (χ1n) is 2.82. The molecule has 0 unspecified atom stereocenters. The molecule has 13 heavy (non-hydrogen) atoms. The number of alkyl halides is 7. The van der Waals surface area contributed by atoms with Gasteiger partial charge in [-0.3, -0.25) is 0 Å². The Kier molecular flexibility index (Phi) is 2.95. The Morgan fingerprint density at radius 2 is 1.15 bits per heavy atom. The second kappa shape index (κ2) is 3.15. The minimum atomic E-state index is -6.13. The number of hydrogen-bond acceptors (Lipinski definition) is 1. The maximum Gasteiger partial charge on any atom is 0.432 e. The molecule has 0 rings (SSSR count). The van der Waals surface area contributed by atoms with Gasteiger partial charge in [-0.05, 0) is 0 Å². The molecular formula is C5H3F7O. The first-order valence-corrected chi connectivity index (χ1v) is 2.82. The fourth-order valence-electron chi connectivity index (χ4n) is 0.507. The molecule has 0 fully saturated rings. The van der Waals surface area contributed by atoms with Crippen LogP contribution in [-0.2, 0) is 4.79 Å². The smallest absolute Gasteiger partial charge is 0.303 e. The normalized spacial score (nSPS) is 14.4. The van der Waals surface area contributed by atoms with Gasteiger partial charge in [0.25, 0.3) is 0 Å². The van der Waals surface area contributed by atoms with Crippen molar-refractivity contribution in [3.05, 3.63) is 0 Å². The van der Waals surface area contributed by atoms with Gasteiger partial charge in [0, 0.05) is 0 Å². The average molecular weight is 212 g/mol. The van der Waals surface area contributed by atoms with Crippen molar-refractivity contribution in [2.75, 3.05) is 0 Å². The summed E-state index contributed by atoms with van der Waals surface area (Å²) in [5.74, 6) is 0. The zero-order chi connectivity index (χ0) is 10.9. The molecule has 8 heteroatoms. The number of halogens is 7. The van der Waals surface area contributed by atoms with Gasteiger partial charge in [-0.1, -0.05) is 0 Å². The fraction of sp³-hybridized carbons (Fsp3) is 0.800. The van der Waals surface area contributed by atoms with Crippen LogP contribution in [0.1, 0.15) is 6.42 Å². The summed E-state index contributed by atoms with van der Waals surface area (Å²) in [6.07, 6.45) is -15.3. The summed E-state index contributed by atoms with van der Waals surface area (Å²) in [4.78, 5) is 9.47. The van der Waals surface area contributed by atoms with Crippen molar-refractivity contribution in [3.8, 4) is 0 Å². The molecular weight excluding hydrogens is 209 g/mol. The number of carbonyl (C=O) groups is 1. The molecule has 0 aliphatic rings. The Hall–Kier alpha value is -0.820. The summed E-state index contributed by atoms with van der Waals surface area (Å²) in [5, 5.41) is 0. The fourth-order valence-corrected chi connectivity index (χ4v) is 0.507. The van der Waals surface area contributed by atoms with Gasteiger partial charge in [0.05, 0.1) is 6.42 Å². The van der Waals surface area contributed by atoms with E-state index in [4.69, 9.17) is 0 Å². The molecule has 0 aromatic heterocycles. The Bertz CT molecular complexity index is 176. The third-order valence-electron chi connectivity index (χ3n) is 1.26. The first kappa shape index (κ1) is 12.2. The largest absolute Gasteiger partial charge is 0.432 e. The molecule has 0 amide bonds. The van der Waals surface area contributed by atoms with E-state index in [2.05, 4.69) is 0 Å². The van der Waals surface area contributed by atoms with E-state index in [1.54, 1.807) is 0 Å². The van der Waals surface area contributed by atoms with Crippen LogP contribution in [0.2, 0.25) is 0 Å². The van der Waals surface area contributed by atoms with Crippen molar-refractivity contribution in [2.45, 2.75) is 24.4 Å². The summed E-state index contributed by atoms with van der Waals surface area (Å²) in [5.41, 5.74) is -5.44. The van der Waals surface area contributed by atoms with Crippen molar-refractivity contribution in [1.82, 2.24) is 0 Å². The minimum absolute atomic E-state index is 0.763. The molecule has 0 bridgehead atoms. The van der Waals surface area contributed by atoms with Gasteiger partial charge in [-0.2, -0.15) is 26.3 Å². The SMILES string of the molecule is O=CCC(F)(C(F)(F)F)C(F)(F)F. The van der Waals surface area contributed by atoms with Gasteiger partial charge < -0.3 is 4.79 Å². The highest BCUT2D eigenvalue weighted by molar-refractivity contribution is 5.52. The molecule has 0 radical (unpaired) electrons. The average Bonchev–Trinajstić information content (AvgIpc) is 1.82. The van der Waals surface area contributed by atoms with Crippen LogP contribution in [0.3, 0.4) is 0 Å². The van der Waals surface area contributed by atoms with Gasteiger partial charge >= 0.3 is 18.0 Å². The van der Waals surface area contributed by atoms with E-state index < -0.39 is 30.7 Å². The van der Waals surface area contributed by atoms with Crippen LogP contribution in [-0.4, -0.2) is 24.3 Å². The van der Waals surface area contributed by atoms with Crippen LogP contribution in [0, 0.1) is 0 Å². The Labute approximate surface area is 67.5 Å². The molecule has 0 aromatic rings. The number of rotatable bonds is 2. The molecule has 0 saturated carbocycles. The zero-order valence-corrected chi connectivity index (χ0v) is 5.84. The molecule has 0 aliphatic heterocycles. The summed E-state index contributed by atoms with van der Waals surface area (Å²) < 4.78 is 81.5. The third kappa shape index (κ3) is 2.10. The van der Waals surface area contributed by atoms with Gasteiger partial charge in [0.15, 0.2) is 0 Å². The second-order valence-corrected chi connectivity index (χ2v) is 2.17. The Balaban J connectivity index is 5.07. The molecule has 0 N–H and O–H groups in total. The highest BCUT2D eigenvalue weighted by atomic mass is 19.4. The van der Waals surface area contributed by atoms with E-state index in [0.717, 1.165) is 0 Å². The van der Waals surface area contributed by atoms with Gasteiger partial charge in [0.1, 0.15) is 6.29 Å². The summed E-state index contributed by atoms with van der Waals surface area (Å²) >= 11 is 0. The van der Waals surface area contributed by atoms with Crippen molar-refractivity contribution >= 4 is 6.29 Å². The van der Waals surface area contributed by atoms with E-state index in [1.165, 1.54) is 0 Å². The van der Waals surface area contributed by atoms with E-state index in [9.17, 15) is 35.5 Å². The van der Waals surface area contributed by atoms with Gasteiger partial charge in [-0.15, -0.1) is 0 Å². The Morgan fingerprint density at radius 3 is 1.23 bits per heavy atom. The highest BCUT2D eigenvalue weighted by Gasteiger charge is 2.72. The number of carbonyl (C=O) groups excluding carboxylic acids is 1. The van der Waals surface area contributed by atoms with Crippen molar-refractivity contribution in [2.24, 2.45) is 0 Å². The highest BCUT2D eigenvalue weighted by Crippen LogP contribution is 2.47. The maximum atomic E-state index is 12.3. The Morgan fingerprint density at radius 1 is 0.846 bits per heavy atom. The lowest BCUT2D eigenvalue weighted by molar-refractivity contribution is -0.339. The van der Waals surface area contributed by atoms with E-state index in [-0.39, 0.29) is 0 Å². The monoisotopic (exact) mass is 212 g/mol. The third-order valence-corrected chi connectivity index (χ3v) is 1.26. The van der Waals surface area contributed by atoms with Crippen LogP contribution in [0.4, 0.5) is 30.7 Å². The van der Waals surface area contributed by atoms with Crippen LogP contribution in [0.15, 0.2) is 0 Å². The molecule has 1 nitrogen and oxygen atoms in total. The predicted molar refractivity (Wildman–Crippen MR) is 26.6 cm³/mol. The van der Waals surface area contributed by atoms with Crippen molar-refractivity contribution in [1.29, 1.82) is 0 Å². The molecule has 0 saturated heterocycles. The van der Waals surface area contributed by atoms with Crippen LogP contribution >= 0.6 is 0 Å². The minimum Gasteiger partial charge on any atom is -0.303 e. The lowest BCUT2D eigenvalue weighted by Crippen LogP contribution is -2.53. The number of aldehydes is 1. The summed E-state index contributed by atoms with van der Waals surface area (Å²) in [7, 11) is 0. The predicted octanol–water partition coefficient (Wildman–Crippen LogP) is 2.41. The number of hydrogen-bond donors (Lipinski definition) is 0. The van der Waals surface area contributed by atoms with Crippen molar-refractivity contribution in [3.63, 3.8) is 0 Å². The van der Waals surface area contributed by atoms with Crippen LogP contribution in [0.5, 0.6) is 0 Å². The van der Waals surface area contributed by atoms with Crippen LogP contribution in [0.25, 0.3) is 0 Å².